The van der Waals surface area contributed by atoms with Crippen LogP contribution in [0.3, 0.4) is 0 Å². The van der Waals surface area contributed by atoms with Gasteiger partial charge in [0.1, 0.15) is 10.7 Å². The van der Waals surface area contributed by atoms with Gasteiger partial charge in [0.25, 0.3) is 0 Å². The number of benzene rings is 1. The van der Waals surface area contributed by atoms with Crippen molar-refractivity contribution in [1.29, 1.82) is 0 Å². The molecule has 19 heavy (non-hydrogen) atoms. The number of hydrogen-bond donors (Lipinski definition) is 2. The molecule has 0 atom stereocenters. The quantitative estimate of drug-likeness (QED) is 0.807. The number of aliphatic hydroxyl groups is 1. The number of sulfonamides is 1. The summed E-state index contributed by atoms with van der Waals surface area (Å²) in [5, 5.41) is 8.86. The van der Waals surface area contributed by atoms with Gasteiger partial charge in [0.05, 0.1) is 6.61 Å². The van der Waals surface area contributed by atoms with Crippen LogP contribution in [-0.2, 0) is 16.6 Å². The van der Waals surface area contributed by atoms with E-state index in [4.69, 9.17) is 5.11 Å². The van der Waals surface area contributed by atoms with Crippen LogP contribution >= 0.6 is 0 Å². The molecule has 1 aromatic rings. The normalized spacial score (nSPS) is 12.1. The highest BCUT2D eigenvalue weighted by atomic mass is 32.2. The Kier molecular flexibility index (Phi) is 5.90. The van der Waals surface area contributed by atoms with Crippen LogP contribution in [0, 0.1) is 11.7 Å². The van der Waals surface area contributed by atoms with Crippen LogP contribution in [0.2, 0.25) is 0 Å². The molecule has 6 heteroatoms. The molecule has 0 heterocycles. The van der Waals surface area contributed by atoms with Gasteiger partial charge in [-0.3, -0.25) is 0 Å². The molecule has 0 aliphatic heterocycles. The van der Waals surface area contributed by atoms with E-state index in [1.807, 2.05) is 13.8 Å². The van der Waals surface area contributed by atoms with E-state index >= 15 is 0 Å². The molecule has 0 aliphatic rings. The Hall–Kier alpha value is -0.980. The van der Waals surface area contributed by atoms with Gasteiger partial charge in [-0.05, 0) is 23.6 Å². The first-order chi connectivity index (χ1) is 8.94. The van der Waals surface area contributed by atoms with Crippen molar-refractivity contribution < 1.29 is 17.9 Å². The molecule has 1 aromatic carbocycles. The molecule has 0 aliphatic carbocycles. The molecule has 0 spiro atoms. The first kappa shape index (κ1) is 16.1. The van der Waals surface area contributed by atoms with Gasteiger partial charge in [-0.25, -0.2) is 17.5 Å². The lowest BCUT2D eigenvalue weighted by atomic mass is 10.0. The fourth-order valence-corrected chi connectivity index (χ4v) is 2.92. The standard InChI is InChI=1S/C13H20FNO3S/c1-3-10(4-2)8-15-19(17,18)13-6-5-11(9-16)7-12(13)14/h5-7,10,15-16H,3-4,8-9H2,1-2H3. The second-order valence-electron chi connectivity index (χ2n) is 4.46. The molecule has 2 N–H and O–H groups in total. The van der Waals surface area contributed by atoms with Crippen LogP contribution in [0.4, 0.5) is 4.39 Å². The first-order valence-electron chi connectivity index (χ1n) is 6.33. The second kappa shape index (κ2) is 6.98. The number of hydrogen-bond acceptors (Lipinski definition) is 3. The summed E-state index contributed by atoms with van der Waals surface area (Å²) < 4.78 is 40.1. The number of nitrogens with one attached hydrogen (secondary N) is 1. The van der Waals surface area contributed by atoms with Crippen LogP contribution in [0.15, 0.2) is 23.1 Å². The molecule has 0 fully saturated rings. The predicted octanol–water partition coefficient (Wildman–Crippen LogP) is 2.03. The van der Waals surface area contributed by atoms with Crippen LogP contribution < -0.4 is 4.72 Å². The minimum Gasteiger partial charge on any atom is -0.392 e. The van der Waals surface area contributed by atoms with E-state index < -0.39 is 15.8 Å². The Morgan fingerprint density at radius 3 is 2.42 bits per heavy atom. The maximum absolute atomic E-state index is 13.7. The van der Waals surface area contributed by atoms with E-state index in [9.17, 15) is 12.8 Å². The van der Waals surface area contributed by atoms with Crippen LogP contribution in [-0.4, -0.2) is 20.1 Å². The van der Waals surface area contributed by atoms with Crippen molar-refractivity contribution in [3.63, 3.8) is 0 Å². The van der Waals surface area contributed by atoms with Gasteiger partial charge in [-0.2, -0.15) is 0 Å². The molecule has 0 unspecified atom stereocenters. The minimum absolute atomic E-state index is 0.245. The van der Waals surface area contributed by atoms with E-state index in [1.54, 1.807) is 0 Å². The SMILES string of the molecule is CCC(CC)CNS(=O)(=O)c1ccc(CO)cc1F. The van der Waals surface area contributed by atoms with Gasteiger partial charge < -0.3 is 5.11 Å². The van der Waals surface area contributed by atoms with Gasteiger partial charge in [-0.1, -0.05) is 32.8 Å². The van der Waals surface area contributed by atoms with Crippen LogP contribution in [0.5, 0.6) is 0 Å². The molecular weight excluding hydrogens is 269 g/mol. The van der Waals surface area contributed by atoms with Gasteiger partial charge >= 0.3 is 0 Å². The summed E-state index contributed by atoms with van der Waals surface area (Å²) in [6.45, 7) is 3.95. The summed E-state index contributed by atoms with van der Waals surface area (Å²) in [5.74, 6) is -0.599. The van der Waals surface area contributed by atoms with Crippen molar-refractivity contribution in [3.8, 4) is 0 Å². The summed E-state index contributed by atoms with van der Waals surface area (Å²) >= 11 is 0. The molecule has 0 aromatic heterocycles. The van der Waals surface area contributed by atoms with Gasteiger partial charge in [0, 0.05) is 6.54 Å². The van der Waals surface area contributed by atoms with E-state index in [0.717, 1.165) is 18.9 Å². The lowest BCUT2D eigenvalue weighted by Gasteiger charge is -2.14. The lowest BCUT2D eigenvalue weighted by Crippen LogP contribution is -2.29. The summed E-state index contributed by atoms with van der Waals surface area (Å²) in [4.78, 5) is -0.379. The zero-order valence-electron chi connectivity index (χ0n) is 11.2. The van der Waals surface area contributed by atoms with Crippen molar-refractivity contribution >= 4 is 10.0 Å². The van der Waals surface area contributed by atoms with E-state index in [1.165, 1.54) is 12.1 Å². The highest BCUT2D eigenvalue weighted by molar-refractivity contribution is 7.89. The Labute approximate surface area is 113 Å². The fraction of sp³-hybridized carbons (Fsp3) is 0.538. The Morgan fingerprint density at radius 2 is 1.95 bits per heavy atom. The number of aliphatic hydroxyl groups excluding tert-OH is 1. The summed E-state index contributed by atoms with van der Waals surface area (Å²) in [7, 11) is -3.84. The monoisotopic (exact) mass is 289 g/mol. The third-order valence-corrected chi connectivity index (χ3v) is 4.64. The summed E-state index contributed by atoms with van der Waals surface area (Å²) in [5.41, 5.74) is 0.344. The maximum Gasteiger partial charge on any atom is 0.243 e. The largest absolute Gasteiger partial charge is 0.392 e. The Balaban J connectivity index is 2.88. The van der Waals surface area contributed by atoms with Crippen LogP contribution in [0.25, 0.3) is 0 Å². The minimum atomic E-state index is -3.84. The third kappa shape index (κ3) is 4.26. The topological polar surface area (TPSA) is 66.4 Å². The first-order valence-corrected chi connectivity index (χ1v) is 7.81. The van der Waals surface area contributed by atoms with Crippen molar-refractivity contribution in [2.24, 2.45) is 5.92 Å². The molecule has 108 valence electrons. The van der Waals surface area contributed by atoms with Gasteiger partial charge in [-0.15, -0.1) is 0 Å². The third-order valence-electron chi connectivity index (χ3n) is 3.19. The average molecular weight is 289 g/mol. The predicted molar refractivity (Wildman–Crippen MR) is 71.6 cm³/mol. The zero-order chi connectivity index (χ0) is 14.5. The molecule has 0 amide bonds. The molecular formula is C13H20FNO3S. The van der Waals surface area contributed by atoms with E-state index in [2.05, 4.69) is 4.72 Å². The van der Waals surface area contributed by atoms with Gasteiger partial charge in [0.2, 0.25) is 10.0 Å². The highest BCUT2D eigenvalue weighted by Gasteiger charge is 2.20. The number of rotatable bonds is 7. The van der Waals surface area contributed by atoms with Crippen molar-refractivity contribution in [1.82, 2.24) is 4.72 Å². The second-order valence-corrected chi connectivity index (χ2v) is 6.19. The van der Waals surface area contributed by atoms with Crippen molar-refractivity contribution in [3.05, 3.63) is 29.6 Å². The fourth-order valence-electron chi connectivity index (χ4n) is 1.74. The molecule has 0 radical (unpaired) electrons. The average Bonchev–Trinajstić information content (AvgIpc) is 2.39. The van der Waals surface area contributed by atoms with Crippen molar-refractivity contribution in [2.45, 2.75) is 38.2 Å². The van der Waals surface area contributed by atoms with Crippen LogP contribution in [0.1, 0.15) is 32.3 Å². The maximum atomic E-state index is 13.7. The molecule has 4 nitrogen and oxygen atoms in total. The zero-order valence-corrected chi connectivity index (χ0v) is 12.0. The molecule has 0 saturated carbocycles. The summed E-state index contributed by atoms with van der Waals surface area (Å²) in [6.07, 6.45) is 1.73. The highest BCUT2D eigenvalue weighted by Crippen LogP contribution is 2.17. The van der Waals surface area contributed by atoms with E-state index in [-0.39, 0.29) is 17.4 Å². The smallest absolute Gasteiger partial charge is 0.243 e. The lowest BCUT2D eigenvalue weighted by molar-refractivity contribution is 0.281. The molecule has 0 saturated heterocycles. The van der Waals surface area contributed by atoms with E-state index in [0.29, 0.717) is 12.1 Å². The van der Waals surface area contributed by atoms with Gasteiger partial charge in [0.15, 0.2) is 0 Å². The molecule has 1 rings (SSSR count). The van der Waals surface area contributed by atoms with Crippen molar-refractivity contribution in [2.75, 3.05) is 6.54 Å². The number of halogens is 1. The Bertz CT molecular complexity index is 513. The summed E-state index contributed by atoms with van der Waals surface area (Å²) in [6, 6.07) is 3.61. The Morgan fingerprint density at radius 1 is 1.32 bits per heavy atom. The molecule has 0 bridgehead atoms.